The van der Waals surface area contributed by atoms with E-state index in [0.29, 0.717) is 11.6 Å². The minimum Gasteiger partial charge on any atom is -0.399 e. The van der Waals surface area contributed by atoms with Crippen molar-refractivity contribution in [1.29, 1.82) is 0 Å². The number of rotatable bonds is 4. The largest absolute Gasteiger partial charge is 0.399 e. The molecule has 0 bridgehead atoms. The second kappa shape index (κ2) is 4.66. The average Bonchev–Trinajstić information content (AvgIpc) is 2.18. The number of sulfonamides is 1. The summed E-state index contributed by atoms with van der Waals surface area (Å²) in [5.41, 5.74) is 6.96. The molecule has 1 aliphatic rings. The minimum atomic E-state index is -3.22. The Bertz CT molecular complexity index is 476. The van der Waals surface area contributed by atoms with Crippen LogP contribution < -0.4 is 10.5 Å². The van der Waals surface area contributed by atoms with E-state index < -0.39 is 10.0 Å². The molecule has 5 heteroatoms. The van der Waals surface area contributed by atoms with E-state index in [9.17, 15) is 8.42 Å². The summed E-state index contributed by atoms with van der Waals surface area (Å²) in [5, 5.41) is 0. The number of nitrogen functional groups attached to an aromatic ring is 1. The first-order chi connectivity index (χ1) is 7.94. The lowest BCUT2D eigenvalue weighted by atomic mass is 9.83. The lowest BCUT2D eigenvalue weighted by Crippen LogP contribution is -2.43. The van der Waals surface area contributed by atoms with Crippen molar-refractivity contribution in [3.05, 3.63) is 29.8 Å². The highest BCUT2D eigenvalue weighted by molar-refractivity contribution is 7.88. The van der Waals surface area contributed by atoms with Crippen LogP contribution in [0.25, 0.3) is 0 Å². The van der Waals surface area contributed by atoms with Crippen LogP contribution in [-0.2, 0) is 15.8 Å². The van der Waals surface area contributed by atoms with Crippen LogP contribution in [0.1, 0.15) is 25.3 Å². The van der Waals surface area contributed by atoms with E-state index in [-0.39, 0.29) is 11.8 Å². The minimum absolute atomic E-state index is 0.0260. The molecule has 0 saturated heterocycles. The zero-order chi connectivity index (χ0) is 12.5. The molecule has 1 aromatic rings. The van der Waals surface area contributed by atoms with Crippen molar-refractivity contribution in [3.63, 3.8) is 0 Å². The quantitative estimate of drug-likeness (QED) is 0.800. The number of hydrogen-bond acceptors (Lipinski definition) is 3. The van der Waals surface area contributed by atoms with E-state index in [4.69, 9.17) is 5.73 Å². The Hall–Kier alpha value is -1.07. The lowest BCUT2D eigenvalue weighted by molar-refractivity contribution is 0.270. The van der Waals surface area contributed by atoms with Gasteiger partial charge in [0.25, 0.3) is 0 Å². The SMILES string of the molecule is CC1CC(NS(=O)(=O)Cc2ccc(N)cc2)C1. The van der Waals surface area contributed by atoms with Gasteiger partial charge in [0.2, 0.25) is 10.0 Å². The second-order valence-electron chi connectivity index (χ2n) is 4.89. The summed E-state index contributed by atoms with van der Waals surface area (Å²) >= 11 is 0. The Morgan fingerprint density at radius 3 is 2.41 bits per heavy atom. The third-order valence-electron chi connectivity index (χ3n) is 3.06. The standard InChI is InChI=1S/C12H18N2O2S/c1-9-6-12(7-9)14-17(15,16)8-10-2-4-11(13)5-3-10/h2-5,9,12,14H,6-8,13H2,1H3. The third kappa shape index (κ3) is 3.44. The van der Waals surface area contributed by atoms with E-state index in [1.165, 1.54) is 0 Å². The Kier molecular flexibility index (Phi) is 3.40. The van der Waals surface area contributed by atoms with Gasteiger partial charge in [0, 0.05) is 11.7 Å². The van der Waals surface area contributed by atoms with E-state index in [0.717, 1.165) is 18.4 Å². The molecule has 0 heterocycles. The molecule has 1 fully saturated rings. The molecular weight excluding hydrogens is 236 g/mol. The molecule has 0 aromatic heterocycles. The molecule has 1 saturated carbocycles. The Balaban J connectivity index is 1.95. The van der Waals surface area contributed by atoms with E-state index >= 15 is 0 Å². The van der Waals surface area contributed by atoms with Crippen LogP contribution in [0.5, 0.6) is 0 Å². The highest BCUT2D eigenvalue weighted by Gasteiger charge is 2.28. The first-order valence-corrected chi connectivity index (χ1v) is 7.44. The van der Waals surface area contributed by atoms with Gasteiger partial charge in [0.15, 0.2) is 0 Å². The molecule has 3 N–H and O–H groups in total. The van der Waals surface area contributed by atoms with Gasteiger partial charge in [-0.15, -0.1) is 0 Å². The molecule has 0 unspecified atom stereocenters. The van der Waals surface area contributed by atoms with Crippen molar-refractivity contribution >= 4 is 15.7 Å². The van der Waals surface area contributed by atoms with Crippen molar-refractivity contribution in [1.82, 2.24) is 4.72 Å². The number of hydrogen-bond donors (Lipinski definition) is 2. The summed E-state index contributed by atoms with van der Waals surface area (Å²) in [4.78, 5) is 0. The number of nitrogens with one attached hydrogen (secondary N) is 1. The van der Waals surface area contributed by atoms with Crippen LogP contribution in [0.3, 0.4) is 0 Å². The van der Waals surface area contributed by atoms with Crippen LogP contribution in [0.2, 0.25) is 0 Å². The van der Waals surface area contributed by atoms with Crippen molar-refractivity contribution in [2.45, 2.75) is 31.6 Å². The first-order valence-electron chi connectivity index (χ1n) is 5.79. The molecule has 17 heavy (non-hydrogen) atoms. The highest BCUT2D eigenvalue weighted by atomic mass is 32.2. The van der Waals surface area contributed by atoms with Crippen molar-refractivity contribution in [2.75, 3.05) is 5.73 Å². The Labute approximate surface area is 102 Å². The van der Waals surface area contributed by atoms with Gasteiger partial charge in [-0.1, -0.05) is 19.1 Å². The van der Waals surface area contributed by atoms with Crippen LogP contribution >= 0.6 is 0 Å². The van der Waals surface area contributed by atoms with Crippen molar-refractivity contribution < 1.29 is 8.42 Å². The third-order valence-corrected chi connectivity index (χ3v) is 4.46. The van der Waals surface area contributed by atoms with Crippen LogP contribution in [0.15, 0.2) is 24.3 Å². The molecular formula is C12H18N2O2S. The van der Waals surface area contributed by atoms with Crippen LogP contribution in [-0.4, -0.2) is 14.5 Å². The topological polar surface area (TPSA) is 72.2 Å². The summed E-state index contributed by atoms with van der Waals surface area (Å²) in [5.74, 6) is 0.664. The van der Waals surface area contributed by atoms with Gasteiger partial charge in [-0.3, -0.25) is 0 Å². The van der Waals surface area contributed by atoms with Gasteiger partial charge >= 0.3 is 0 Å². The summed E-state index contributed by atoms with van der Waals surface area (Å²) < 4.78 is 26.4. The lowest BCUT2D eigenvalue weighted by Gasteiger charge is -2.32. The van der Waals surface area contributed by atoms with Crippen molar-refractivity contribution in [2.24, 2.45) is 5.92 Å². The van der Waals surface area contributed by atoms with Crippen LogP contribution in [0, 0.1) is 5.92 Å². The molecule has 0 aliphatic heterocycles. The van der Waals surface area contributed by atoms with E-state index in [1.54, 1.807) is 24.3 Å². The van der Waals surface area contributed by atoms with E-state index in [2.05, 4.69) is 11.6 Å². The average molecular weight is 254 g/mol. The maximum Gasteiger partial charge on any atom is 0.216 e. The Morgan fingerprint density at radius 2 is 1.88 bits per heavy atom. The molecule has 4 nitrogen and oxygen atoms in total. The van der Waals surface area contributed by atoms with Gasteiger partial charge in [-0.05, 0) is 36.5 Å². The molecule has 0 amide bonds. The molecule has 2 rings (SSSR count). The molecule has 0 spiro atoms. The van der Waals surface area contributed by atoms with Crippen molar-refractivity contribution in [3.8, 4) is 0 Å². The van der Waals surface area contributed by atoms with Gasteiger partial charge in [-0.2, -0.15) is 0 Å². The molecule has 1 aliphatic carbocycles. The normalized spacial score (nSPS) is 24.3. The molecule has 0 radical (unpaired) electrons. The number of nitrogens with two attached hydrogens (primary N) is 1. The zero-order valence-corrected chi connectivity index (χ0v) is 10.7. The smallest absolute Gasteiger partial charge is 0.216 e. The first kappa shape index (κ1) is 12.4. The summed E-state index contributed by atoms with van der Waals surface area (Å²) in [6.45, 7) is 2.13. The van der Waals surface area contributed by atoms with Gasteiger partial charge in [0.1, 0.15) is 0 Å². The molecule has 94 valence electrons. The maximum atomic E-state index is 11.9. The zero-order valence-electron chi connectivity index (χ0n) is 9.89. The fourth-order valence-electron chi connectivity index (χ4n) is 2.13. The summed E-state index contributed by atoms with van der Waals surface area (Å²) in [6.07, 6.45) is 1.89. The summed E-state index contributed by atoms with van der Waals surface area (Å²) in [7, 11) is -3.22. The van der Waals surface area contributed by atoms with Gasteiger partial charge < -0.3 is 5.73 Å². The van der Waals surface area contributed by atoms with E-state index in [1.807, 2.05) is 0 Å². The predicted octanol–water partition coefficient (Wildman–Crippen LogP) is 1.49. The highest BCUT2D eigenvalue weighted by Crippen LogP contribution is 2.27. The predicted molar refractivity (Wildman–Crippen MR) is 68.8 cm³/mol. The Morgan fingerprint density at radius 1 is 1.29 bits per heavy atom. The molecule has 1 aromatic carbocycles. The number of anilines is 1. The van der Waals surface area contributed by atoms with Crippen LogP contribution in [0.4, 0.5) is 5.69 Å². The second-order valence-corrected chi connectivity index (χ2v) is 6.65. The fourth-order valence-corrected chi connectivity index (χ4v) is 3.54. The summed E-state index contributed by atoms with van der Waals surface area (Å²) in [6, 6.07) is 7.06. The molecule has 0 atom stereocenters. The fraction of sp³-hybridized carbons (Fsp3) is 0.500. The maximum absolute atomic E-state index is 11.9. The van der Waals surface area contributed by atoms with Gasteiger partial charge in [0.05, 0.1) is 5.75 Å². The van der Waals surface area contributed by atoms with Gasteiger partial charge in [-0.25, -0.2) is 13.1 Å². The monoisotopic (exact) mass is 254 g/mol. The number of benzene rings is 1.